The fourth-order valence-corrected chi connectivity index (χ4v) is 1.32. The standard InChI is InChI=1S/C10H9NO/c1-11-6-5-9-8(7-11)3-2-4-10(9)12/h2-7H,1H3/p+1. The fourth-order valence-electron chi connectivity index (χ4n) is 1.32. The number of benzene rings is 1. The van der Waals surface area contributed by atoms with Gasteiger partial charge in [-0.15, -0.1) is 0 Å². The minimum Gasteiger partial charge on any atom is -0.507 e. The zero-order chi connectivity index (χ0) is 8.55. The molecule has 60 valence electrons. The molecule has 0 spiro atoms. The molecule has 0 saturated carbocycles. The van der Waals surface area contributed by atoms with Gasteiger partial charge in [0, 0.05) is 16.8 Å². The lowest BCUT2D eigenvalue weighted by molar-refractivity contribution is -0.670. The van der Waals surface area contributed by atoms with Crippen molar-refractivity contribution in [1.29, 1.82) is 0 Å². The zero-order valence-corrected chi connectivity index (χ0v) is 6.86. The third-order valence-corrected chi connectivity index (χ3v) is 1.94. The topological polar surface area (TPSA) is 24.1 Å². The number of aryl methyl sites for hydroxylation is 1. The highest BCUT2D eigenvalue weighted by Gasteiger charge is 2.01. The van der Waals surface area contributed by atoms with Gasteiger partial charge in [0.05, 0.1) is 0 Å². The molecule has 0 unspecified atom stereocenters. The van der Waals surface area contributed by atoms with E-state index in [-0.39, 0.29) is 0 Å². The molecule has 0 saturated heterocycles. The second kappa shape index (κ2) is 2.48. The van der Waals surface area contributed by atoms with Crippen LogP contribution >= 0.6 is 0 Å². The second-order valence-corrected chi connectivity index (χ2v) is 2.89. The van der Waals surface area contributed by atoms with Crippen LogP contribution in [0.4, 0.5) is 0 Å². The highest BCUT2D eigenvalue weighted by Crippen LogP contribution is 2.21. The summed E-state index contributed by atoms with van der Waals surface area (Å²) in [7, 11) is 1.96. The molecule has 2 aromatic rings. The first kappa shape index (κ1) is 7.10. The highest BCUT2D eigenvalue weighted by atomic mass is 16.3. The Morgan fingerprint density at radius 3 is 2.92 bits per heavy atom. The maximum atomic E-state index is 9.45. The number of fused-ring (bicyclic) bond motifs is 1. The van der Waals surface area contributed by atoms with Crippen LogP contribution in [0.3, 0.4) is 0 Å². The summed E-state index contributed by atoms with van der Waals surface area (Å²) in [6.45, 7) is 0. The zero-order valence-electron chi connectivity index (χ0n) is 6.86. The number of hydrogen-bond donors (Lipinski definition) is 1. The Balaban J connectivity index is 2.86. The van der Waals surface area contributed by atoms with Crippen LogP contribution in [0.2, 0.25) is 0 Å². The van der Waals surface area contributed by atoms with Gasteiger partial charge in [-0.3, -0.25) is 0 Å². The van der Waals surface area contributed by atoms with Crippen LogP contribution in [0.1, 0.15) is 0 Å². The first-order chi connectivity index (χ1) is 5.77. The predicted molar refractivity (Wildman–Crippen MR) is 46.8 cm³/mol. The normalized spacial score (nSPS) is 10.4. The van der Waals surface area contributed by atoms with Crippen LogP contribution in [-0.4, -0.2) is 5.11 Å². The summed E-state index contributed by atoms with van der Waals surface area (Å²) in [5.74, 6) is 0.341. The molecule has 2 rings (SSSR count). The Labute approximate surface area is 70.7 Å². The first-order valence-corrected chi connectivity index (χ1v) is 3.84. The molecule has 0 fully saturated rings. The van der Waals surface area contributed by atoms with Crippen molar-refractivity contribution < 1.29 is 9.67 Å². The molecule has 1 aromatic carbocycles. The van der Waals surface area contributed by atoms with Crippen molar-refractivity contribution in [2.24, 2.45) is 7.05 Å². The molecule has 0 amide bonds. The van der Waals surface area contributed by atoms with Gasteiger partial charge in [-0.05, 0) is 12.1 Å². The third-order valence-electron chi connectivity index (χ3n) is 1.94. The van der Waals surface area contributed by atoms with Crippen LogP contribution in [0.15, 0.2) is 36.7 Å². The number of phenolic OH excluding ortho intramolecular Hbond substituents is 1. The van der Waals surface area contributed by atoms with Gasteiger partial charge < -0.3 is 5.11 Å². The van der Waals surface area contributed by atoms with Gasteiger partial charge in [-0.25, -0.2) is 4.57 Å². The van der Waals surface area contributed by atoms with Crippen molar-refractivity contribution in [2.75, 3.05) is 0 Å². The number of aromatic nitrogens is 1. The van der Waals surface area contributed by atoms with Crippen molar-refractivity contribution in [3.05, 3.63) is 36.7 Å². The molecular formula is C10H10NO+. The van der Waals surface area contributed by atoms with Crippen LogP contribution in [0.5, 0.6) is 5.75 Å². The Morgan fingerprint density at radius 1 is 1.25 bits per heavy atom. The molecular weight excluding hydrogens is 150 g/mol. The Hall–Kier alpha value is -1.57. The van der Waals surface area contributed by atoms with Gasteiger partial charge in [0.2, 0.25) is 0 Å². The largest absolute Gasteiger partial charge is 0.507 e. The van der Waals surface area contributed by atoms with Crippen molar-refractivity contribution in [3.63, 3.8) is 0 Å². The molecule has 0 radical (unpaired) electrons. The molecule has 0 atom stereocenters. The van der Waals surface area contributed by atoms with E-state index in [4.69, 9.17) is 0 Å². The summed E-state index contributed by atoms with van der Waals surface area (Å²) < 4.78 is 1.96. The molecule has 0 aliphatic carbocycles. The lowest BCUT2D eigenvalue weighted by Gasteiger charge is -1.97. The number of phenols is 1. The van der Waals surface area contributed by atoms with E-state index in [1.165, 1.54) is 0 Å². The molecule has 12 heavy (non-hydrogen) atoms. The monoisotopic (exact) mass is 160 g/mol. The molecule has 0 bridgehead atoms. The number of hydrogen-bond acceptors (Lipinski definition) is 1. The average molecular weight is 160 g/mol. The minimum atomic E-state index is 0.341. The maximum Gasteiger partial charge on any atom is 0.176 e. The average Bonchev–Trinajstić information content (AvgIpc) is 2.04. The van der Waals surface area contributed by atoms with Gasteiger partial charge in [0.1, 0.15) is 12.8 Å². The van der Waals surface area contributed by atoms with Gasteiger partial charge in [0.25, 0.3) is 0 Å². The van der Waals surface area contributed by atoms with E-state index in [1.54, 1.807) is 6.07 Å². The SMILES string of the molecule is C[n+]1ccc2c(O)cccc2c1. The third kappa shape index (κ3) is 1.01. The van der Waals surface area contributed by atoms with E-state index in [0.717, 1.165) is 10.8 Å². The van der Waals surface area contributed by atoms with Crippen molar-refractivity contribution in [1.82, 2.24) is 0 Å². The minimum absolute atomic E-state index is 0.341. The smallest absolute Gasteiger partial charge is 0.176 e. The van der Waals surface area contributed by atoms with Gasteiger partial charge in [0.15, 0.2) is 12.4 Å². The summed E-state index contributed by atoms with van der Waals surface area (Å²) >= 11 is 0. The molecule has 1 N–H and O–H groups in total. The van der Waals surface area contributed by atoms with Crippen LogP contribution in [0.25, 0.3) is 10.8 Å². The van der Waals surface area contributed by atoms with E-state index in [2.05, 4.69) is 0 Å². The lowest BCUT2D eigenvalue weighted by atomic mass is 10.1. The van der Waals surface area contributed by atoms with Crippen molar-refractivity contribution in [3.8, 4) is 5.75 Å². The van der Waals surface area contributed by atoms with Gasteiger partial charge in [-0.2, -0.15) is 0 Å². The predicted octanol–water partition coefficient (Wildman–Crippen LogP) is 1.37. The fraction of sp³-hybridized carbons (Fsp3) is 0.100. The van der Waals surface area contributed by atoms with Crippen molar-refractivity contribution in [2.45, 2.75) is 0 Å². The van der Waals surface area contributed by atoms with E-state index >= 15 is 0 Å². The molecule has 0 aliphatic heterocycles. The molecule has 0 aliphatic rings. The highest BCUT2D eigenvalue weighted by molar-refractivity contribution is 5.86. The summed E-state index contributed by atoms with van der Waals surface area (Å²) in [6.07, 6.45) is 3.90. The summed E-state index contributed by atoms with van der Waals surface area (Å²) in [5.41, 5.74) is 0. The molecule has 1 heterocycles. The van der Waals surface area contributed by atoms with Crippen LogP contribution < -0.4 is 4.57 Å². The van der Waals surface area contributed by atoms with E-state index < -0.39 is 0 Å². The van der Waals surface area contributed by atoms with Crippen LogP contribution in [-0.2, 0) is 7.05 Å². The summed E-state index contributed by atoms with van der Waals surface area (Å²) in [5, 5.41) is 11.4. The van der Waals surface area contributed by atoms with E-state index in [0.29, 0.717) is 5.75 Å². The van der Waals surface area contributed by atoms with Crippen molar-refractivity contribution >= 4 is 10.8 Å². The number of rotatable bonds is 0. The lowest BCUT2D eigenvalue weighted by Crippen LogP contribution is -2.25. The second-order valence-electron chi connectivity index (χ2n) is 2.89. The molecule has 2 nitrogen and oxygen atoms in total. The van der Waals surface area contributed by atoms with E-state index in [1.807, 2.05) is 42.2 Å². The number of nitrogens with zero attached hydrogens (tertiary/aromatic N) is 1. The number of aromatic hydroxyl groups is 1. The number of pyridine rings is 1. The quantitative estimate of drug-likeness (QED) is 0.578. The Kier molecular flexibility index (Phi) is 1.47. The molecule has 2 heteroatoms. The summed E-state index contributed by atoms with van der Waals surface area (Å²) in [6, 6.07) is 7.43. The Bertz CT molecular complexity index is 423. The molecule has 1 aromatic heterocycles. The maximum absolute atomic E-state index is 9.45. The van der Waals surface area contributed by atoms with Crippen LogP contribution in [0, 0.1) is 0 Å². The van der Waals surface area contributed by atoms with Gasteiger partial charge >= 0.3 is 0 Å². The van der Waals surface area contributed by atoms with E-state index in [9.17, 15) is 5.11 Å². The summed E-state index contributed by atoms with van der Waals surface area (Å²) in [4.78, 5) is 0. The van der Waals surface area contributed by atoms with Gasteiger partial charge in [-0.1, -0.05) is 6.07 Å². The first-order valence-electron chi connectivity index (χ1n) is 3.84. The Morgan fingerprint density at radius 2 is 2.08 bits per heavy atom.